The first-order valence-corrected chi connectivity index (χ1v) is 7.28. The van der Waals surface area contributed by atoms with Crippen LogP contribution in [-0.2, 0) is 0 Å². The van der Waals surface area contributed by atoms with Gasteiger partial charge in [0.15, 0.2) is 11.9 Å². The van der Waals surface area contributed by atoms with Gasteiger partial charge >= 0.3 is 12.3 Å². The first-order valence-electron chi connectivity index (χ1n) is 7.28. The lowest BCUT2D eigenvalue weighted by Gasteiger charge is -2.14. The first-order chi connectivity index (χ1) is 11.8. The minimum atomic E-state index is -2.95. The summed E-state index contributed by atoms with van der Waals surface area (Å²) in [6.45, 7) is 0.204. The fraction of sp³-hybridized carbons (Fsp3) is 0.235. The van der Waals surface area contributed by atoms with Gasteiger partial charge in [-0.3, -0.25) is 14.9 Å². The number of aryl methyl sites for hydroxylation is 1. The summed E-state index contributed by atoms with van der Waals surface area (Å²) in [4.78, 5) is 22.8. The van der Waals surface area contributed by atoms with Crippen molar-refractivity contribution in [2.24, 2.45) is 0 Å². The Hall–Kier alpha value is -3.03. The van der Waals surface area contributed by atoms with Gasteiger partial charge in [0, 0.05) is 11.6 Å². The number of nitro groups is 1. The number of ketones is 1. The largest absolute Gasteiger partial charge is 0.475 e. The van der Waals surface area contributed by atoms with Crippen LogP contribution in [0, 0.1) is 17.0 Å². The number of nitrogens with zero attached hydrogens (tertiary/aromatic N) is 1. The molecule has 0 amide bonds. The minimum absolute atomic E-state index is 0.0193. The monoisotopic (exact) mass is 351 g/mol. The summed E-state index contributed by atoms with van der Waals surface area (Å²) in [7, 11) is 0. The van der Waals surface area contributed by atoms with Crippen molar-refractivity contribution in [3.63, 3.8) is 0 Å². The van der Waals surface area contributed by atoms with E-state index in [2.05, 4.69) is 4.74 Å². The van der Waals surface area contributed by atoms with Gasteiger partial charge in [-0.15, -0.1) is 0 Å². The Kier molecular flexibility index (Phi) is 5.63. The molecule has 2 aromatic carbocycles. The lowest BCUT2D eigenvalue weighted by atomic mass is 10.1. The van der Waals surface area contributed by atoms with Crippen LogP contribution in [0.4, 0.5) is 14.5 Å². The molecule has 0 aliphatic heterocycles. The summed E-state index contributed by atoms with van der Waals surface area (Å²) in [5.74, 6) is -0.540. The summed E-state index contributed by atoms with van der Waals surface area (Å²) in [6, 6.07) is 9.53. The Balaban J connectivity index is 2.14. The number of alkyl halides is 2. The Bertz CT molecular complexity index is 777. The normalized spacial score (nSPS) is 11.9. The number of carbonyl (C=O) groups excluding carboxylic acids is 1. The van der Waals surface area contributed by atoms with E-state index in [9.17, 15) is 23.7 Å². The molecule has 0 fully saturated rings. The molecule has 0 saturated heterocycles. The van der Waals surface area contributed by atoms with Crippen molar-refractivity contribution in [1.29, 1.82) is 0 Å². The third-order valence-corrected chi connectivity index (χ3v) is 3.35. The quantitative estimate of drug-likeness (QED) is 0.425. The van der Waals surface area contributed by atoms with Crippen LogP contribution in [0.15, 0.2) is 42.5 Å². The highest BCUT2D eigenvalue weighted by molar-refractivity contribution is 5.99. The van der Waals surface area contributed by atoms with Crippen molar-refractivity contribution in [3.8, 4) is 11.5 Å². The molecule has 0 aromatic heterocycles. The van der Waals surface area contributed by atoms with E-state index in [1.54, 1.807) is 13.0 Å². The third-order valence-electron chi connectivity index (χ3n) is 3.35. The molecule has 0 aliphatic carbocycles. The predicted octanol–water partition coefficient (Wildman–Crippen LogP) is 4.15. The third kappa shape index (κ3) is 4.72. The van der Waals surface area contributed by atoms with Crippen molar-refractivity contribution in [3.05, 3.63) is 63.7 Å². The predicted molar refractivity (Wildman–Crippen MR) is 85.3 cm³/mol. The van der Waals surface area contributed by atoms with Gasteiger partial charge in [0.25, 0.3) is 0 Å². The lowest BCUT2D eigenvalue weighted by Crippen LogP contribution is -2.24. The van der Waals surface area contributed by atoms with Crippen molar-refractivity contribution in [2.45, 2.75) is 26.6 Å². The number of nitro benzene ring substituents is 1. The Morgan fingerprint density at radius 1 is 1.12 bits per heavy atom. The SMILES string of the molecule is Cc1ccc(O[C@@H](C)C(=O)c2ccc(OC(F)F)cc2)c([N+](=O)[O-])c1. The van der Waals surface area contributed by atoms with Crippen LogP contribution in [0.1, 0.15) is 22.8 Å². The molecule has 0 N–H and O–H groups in total. The van der Waals surface area contributed by atoms with Crippen molar-refractivity contribution in [2.75, 3.05) is 0 Å². The molecule has 0 unspecified atom stereocenters. The van der Waals surface area contributed by atoms with Crippen LogP contribution >= 0.6 is 0 Å². The molecule has 2 rings (SSSR count). The van der Waals surface area contributed by atoms with E-state index in [0.29, 0.717) is 5.56 Å². The molecule has 132 valence electrons. The number of ether oxygens (including phenoxy) is 2. The van der Waals surface area contributed by atoms with E-state index in [4.69, 9.17) is 4.74 Å². The van der Waals surface area contributed by atoms with Crippen LogP contribution in [-0.4, -0.2) is 23.4 Å². The van der Waals surface area contributed by atoms with Crippen LogP contribution in [0.2, 0.25) is 0 Å². The molecule has 1 atom stereocenters. The molecule has 0 heterocycles. The second-order valence-corrected chi connectivity index (χ2v) is 5.26. The molecule has 8 heteroatoms. The van der Waals surface area contributed by atoms with Gasteiger partial charge in [-0.2, -0.15) is 8.78 Å². The first kappa shape index (κ1) is 18.3. The highest BCUT2D eigenvalue weighted by atomic mass is 19.3. The van der Waals surface area contributed by atoms with E-state index in [0.717, 1.165) is 0 Å². The topological polar surface area (TPSA) is 78.7 Å². The van der Waals surface area contributed by atoms with Crippen molar-refractivity contribution >= 4 is 11.5 Å². The standard InChI is InChI=1S/C17H15F2NO5/c1-10-3-8-15(14(9-10)20(22)23)24-11(2)16(21)12-4-6-13(7-5-12)25-17(18)19/h3-9,11,17H,1-2H3/t11-/m0/s1. The molecule has 2 aromatic rings. The molecule has 0 aliphatic rings. The smallest absolute Gasteiger partial charge is 0.387 e. The fourth-order valence-corrected chi connectivity index (χ4v) is 2.15. The molecular formula is C17H15F2NO5. The van der Waals surface area contributed by atoms with Gasteiger partial charge in [-0.05, 0) is 49.7 Å². The number of Topliss-reactive ketones (excluding diaryl/α,β-unsaturated/α-hetero) is 1. The molecule has 25 heavy (non-hydrogen) atoms. The summed E-state index contributed by atoms with van der Waals surface area (Å²) in [5, 5.41) is 11.1. The Morgan fingerprint density at radius 3 is 2.32 bits per heavy atom. The average molecular weight is 351 g/mol. The van der Waals surface area contributed by atoms with Gasteiger partial charge in [-0.1, -0.05) is 6.07 Å². The van der Waals surface area contributed by atoms with E-state index in [1.807, 2.05) is 0 Å². The summed E-state index contributed by atoms with van der Waals surface area (Å²) < 4.78 is 33.9. The van der Waals surface area contributed by atoms with Crippen LogP contribution in [0.3, 0.4) is 0 Å². The maximum absolute atomic E-state index is 12.3. The highest BCUT2D eigenvalue weighted by Crippen LogP contribution is 2.29. The van der Waals surface area contributed by atoms with Crippen LogP contribution in [0.25, 0.3) is 0 Å². The molecule has 0 spiro atoms. The zero-order chi connectivity index (χ0) is 18.6. The zero-order valence-corrected chi connectivity index (χ0v) is 13.4. The second-order valence-electron chi connectivity index (χ2n) is 5.26. The van der Waals surface area contributed by atoms with Gasteiger partial charge in [0.1, 0.15) is 5.75 Å². The number of hydrogen-bond donors (Lipinski definition) is 0. The summed E-state index contributed by atoms with van der Waals surface area (Å²) in [6.07, 6.45) is -0.997. The number of halogens is 2. The van der Waals surface area contributed by atoms with Gasteiger partial charge in [0.05, 0.1) is 4.92 Å². The van der Waals surface area contributed by atoms with E-state index in [-0.39, 0.29) is 22.7 Å². The summed E-state index contributed by atoms with van der Waals surface area (Å²) in [5.41, 5.74) is 0.664. The number of carbonyl (C=O) groups is 1. The van der Waals surface area contributed by atoms with Crippen LogP contribution < -0.4 is 9.47 Å². The highest BCUT2D eigenvalue weighted by Gasteiger charge is 2.22. The van der Waals surface area contributed by atoms with E-state index < -0.39 is 23.4 Å². The van der Waals surface area contributed by atoms with Gasteiger partial charge < -0.3 is 9.47 Å². The van der Waals surface area contributed by atoms with Crippen molar-refractivity contribution in [1.82, 2.24) is 0 Å². The van der Waals surface area contributed by atoms with E-state index in [1.165, 1.54) is 43.3 Å². The lowest BCUT2D eigenvalue weighted by molar-refractivity contribution is -0.386. The minimum Gasteiger partial charge on any atom is -0.475 e. The molecule has 0 bridgehead atoms. The molecule has 0 saturated carbocycles. The Morgan fingerprint density at radius 2 is 1.76 bits per heavy atom. The molecular weight excluding hydrogens is 336 g/mol. The second kappa shape index (κ2) is 7.69. The average Bonchev–Trinajstić information content (AvgIpc) is 2.55. The molecule has 0 radical (unpaired) electrons. The fourth-order valence-electron chi connectivity index (χ4n) is 2.15. The summed E-state index contributed by atoms with van der Waals surface area (Å²) >= 11 is 0. The van der Waals surface area contributed by atoms with Gasteiger partial charge in [-0.25, -0.2) is 0 Å². The van der Waals surface area contributed by atoms with Crippen LogP contribution in [0.5, 0.6) is 11.5 Å². The Labute approximate surface area is 142 Å². The zero-order valence-electron chi connectivity index (χ0n) is 13.4. The van der Waals surface area contributed by atoms with Gasteiger partial charge in [0.2, 0.25) is 5.78 Å². The maximum atomic E-state index is 12.3. The number of benzene rings is 2. The molecule has 6 nitrogen and oxygen atoms in total. The maximum Gasteiger partial charge on any atom is 0.387 e. The van der Waals surface area contributed by atoms with E-state index >= 15 is 0 Å². The number of rotatable bonds is 7. The number of hydrogen-bond acceptors (Lipinski definition) is 5. The van der Waals surface area contributed by atoms with Crippen molar-refractivity contribution < 1.29 is 28.0 Å².